The van der Waals surface area contributed by atoms with Crippen LogP contribution in [0.15, 0.2) is 0 Å². The van der Waals surface area contributed by atoms with Crippen LogP contribution in [0.2, 0.25) is 0 Å². The largest absolute Gasteiger partial charge is 0.444 e. The molecule has 3 aliphatic heterocycles. The Labute approximate surface area is 177 Å². The second-order valence-electron chi connectivity index (χ2n) is 10.5. The highest BCUT2D eigenvalue weighted by atomic mass is 16.7. The number of hydrogen-bond acceptors (Lipinski definition) is 8. The van der Waals surface area contributed by atoms with E-state index < -0.39 is 40.8 Å². The molecule has 0 bridgehead atoms. The van der Waals surface area contributed by atoms with E-state index in [-0.39, 0.29) is 25.5 Å². The molecule has 10 nitrogen and oxygen atoms in total. The molecule has 3 heterocycles. The maximum atomic E-state index is 12.1. The summed E-state index contributed by atoms with van der Waals surface area (Å²) in [6, 6.07) is 0. The molecule has 0 saturated carbocycles. The number of rotatable bonds is 4. The number of amides is 2. The predicted octanol–water partition coefficient (Wildman–Crippen LogP) is 1.92. The maximum absolute atomic E-state index is 12.1. The van der Waals surface area contributed by atoms with Crippen molar-refractivity contribution >= 4 is 12.2 Å². The molecule has 5 atom stereocenters. The molecule has 3 fully saturated rings. The molecule has 30 heavy (non-hydrogen) atoms. The molecule has 0 aromatic rings. The monoisotopic (exact) mass is 429 g/mol. The Hall–Kier alpha value is -1.62. The molecular formula is C20H35N3O7. The topological polar surface area (TPSA) is 108 Å². The van der Waals surface area contributed by atoms with Gasteiger partial charge in [0.05, 0.1) is 19.7 Å². The number of carbonyl (C=O) groups excluding carboxylic acids is 2. The summed E-state index contributed by atoms with van der Waals surface area (Å²) in [6.45, 7) is 15.4. The van der Waals surface area contributed by atoms with Gasteiger partial charge in [-0.25, -0.2) is 14.5 Å². The van der Waals surface area contributed by atoms with Crippen molar-refractivity contribution in [2.75, 3.05) is 19.7 Å². The zero-order chi connectivity index (χ0) is 22.5. The fraction of sp³-hybridized carbons (Fsp3) is 0.900. The van der Waals surface area contributed by atoms with Gasteiger partial charge in [-0.05, 0) is 55.4 Å². The van der Waals surface area contributed by atoms with E-state index >= 15 is 0 Å². The fourth-order valence-electron chi connectivity index (χ4n) is 3.92. The lowest BCUT2D eigenvalue weighted by molar-refractivity contribution is -0.127. The van der Waals surface area contributed by atoms with Crippen LogP contribution in [0.25, 0.3) is 0 Å². The van der Waals surface area contributed by atoms with Crippen LogP contribution in [0.3, 0.4) is 0 Å². The normalized spacial score (nSPS) is 35.8. The first kappa shape index (κ1) is 23.1. The molecule has 0 aromatic heterocycles. The molecule has 0 radical (unpaired) electrons. The summed E-state index contributed by atoms with van der Waals surface area (Å²) in [6.07, 6.45) is -2.14. The lowest BCUT2D eigenvalue weighted by Gasteiger charge is -2.32. The van der Waals surface area contributed by atoms with Gasteiger partial charge in [-0.1, -0.05) is 0 Å². The smallest absolute Gasteiger partial charge is 0.407 e. The van der Waals surface area contributed by atoms with Crippen molar-refractivity contribution in [3.8, 4) is 0 Å². The van der Waals surface area contributed by atoms with E-state index in [9.17, 15) is 9.59 Å². The van der Waals surface area contributed by atoms with Crippen molar-refractivity contribution in [1.29, 1.82) is 0 Å². The van der Waals surface area contributed by atoms with Crippen LogP contribution in [0.5, 0.6) is 0 Å². The number of alkyl carbamates (subject to hydrolysis) is 2. The molecule has 0 unspecified atom stereocenters. The van der Waals surface area contributed by atoms with Crippen LogP contribution in [0.4, 0.5) is 9.59 Å². The summed E-state index contributed by atoms with van der Waals surface area (Å²) in [4.78, 5) is 26.2. The van der Waals surface area contributed by atoms with Gasteiger partial charge in [-0.3, -0.25) is 0 Å². The van der Waals surface area contributed by atoms with Gasteiger partial charge < -0.3 is 34.3 Å². The van der Waals surface area contributed by atoms with Crippen LogP contribution in [0, 0.1) is 0 Å². The van der Waals surface area contributed by atoms with Gasteiger partial charge in [0.2, 0.25) is 0 Å². The van der Waals surface area contributed by atoms with E-state index in [1.165, 1.54) is 0 Å². The molecule has 0 aromatic carbocycles. The van der Waals surface area contributed by atoms with Crippen LogP contribution in [0.1, 0.15) is 55.4 Å². The maximum Gasteiger partial charge on any atom is 0.407 e. The minimum atomic E-state index is -0.798. The summed E-state index contributed by atoms with van der Waals surface area (Å²) in [5, 5.41) is 5.55. The molecule has 2 amide bonds. The second-order valence-corrected chi connectivity index (χ2v) is 10.5. The Morgan fingerprint density at radius 3 is 1.83 bits per heavy atom. The number of ether oxygens (including phenoxy) is 5. The van der Waals surface area contributed by atoms with Crippen molar-refractivity contribution in [3.05, 3.63) is 0 Å². The van der Waals surface area contributed by atoms with E-state index in [4.69, 9.17) is 23.7 Å². The fourth-order valence-corrected chi connectivity index (χ4v) is 3.92. The van der Waals surface area contributed by atoms with Crippen molar-refractivity contribution in [3.63, 3.8) is 0 Å². The molecule has 3 rings (SSSR count). The molecule has 3 saturated heterocycles. The number of nitrogens with one attached hydrogen (secondary N) is 2. The Bertz CT molecular complexity index is 657. The predicted molar refractivity (Wildman–Crippen MR) is 107 cm³/mol. The van der Waals surface area contributed by atoms with E-state index in [0.29, 0.717) is 6.61 Å². The Kier molecular flexibility index (Phi) is 5.77. The van der Waals surface area contributed by atoms with Gasteiger partial charge in [-0.15, -0.1) is 0 Å². The summed E-state index contributed by atoms with van der Waals surface area (Å²) in [5.41, 5.74) is -2.77. The Morgan fingerprint density at radius 1 is 0.900 bits per heavy atom. The molecule has 10 heteroatoms. The molecule has 3 aliphatic rings. The minimum Gasteiger partial charge on any atom is -0.444 e. The van der Waals surface area contributed by atoms with E-state index in [1.807, 2.05) is 60.3 Å². The second kappa shape index (κ2) is 7.51. The molecule has 172 valence electrons. The molecule has 2 N–H and O–H groups in total. The van der Waals surface area contributed by atoms with Gasteiger partial charge in [0.1, 0.15) is 41.1 Å². The van der Waals surface area contributed by atoms with Crippen LogP contribution >= 0.6 is 0 Å². The highest BCUT2D eigenvalue weighted by Crippen LogP contribution is 2.48. The summed E-state index contributed by atoms with van der Waals surface area (Å²) in [7, 11) is 0. The first-order chi connectivity index (χ1) is 13.6. The SMILES string of the molecule is CC(C)(C)OC(=O)NC[C@@]1(C)O[C@H]2N3[C@@H](CO[C@@H]31)O[C@@]2(C)CNC(=O)OC(C)(C)C. The van der Waals surface area contributed by atoms with Crippen LogP contribution in [-0.4, -0.2) is 77.9 Å². The zero-order valence-corrected chi connectivity index (χ0v) is 19.2. The minimum absolute atomic E-state index is 0.210. The summed E-state index contributed by atoms with van der Waals surface area (Å²) in [5.74, 6) is 0. The molecule has 0 aliphatic carbocycles. The Balaban J connectivity index is 1.64. The highest BCUT2D eigenvalue weighted by Gasteiger charge is 2.67. The van der Waals surface area contributed by atoms with Crippen LogP contribution < -0.4 is 10.6 Å². The first-order valence-corrected chi connectivity index (χ1v) is 10.3. The zero-order valence-electron chi connectivity index (χ0n) is 19.2. The van der Waals surface area contributed by atoms with Crippen molar-refractivity contribution in [2.45, 2.75) is 96.5 Å². The van der Waals surface area contributed by atoms with Gasteiger partial charge in [-0.2, -0.15) is 0 Å². The quantitative estimate of drug-likeness (QED) is 0.698. The van der Waals surface area contributed by atoms with Crippen LogP contribution in [-0.2, 0) is 23.7 Å². The van der Waals surface area contributed by atoms with E-state index in [0.717, 1.165) is 0 Å². The molecule has 0 spiro atoms. The summed E-state index contributed by atoms with van der Waals surface area (Å²) >= 11 is 0. The highest BCUT2D eigenvalue weighted by molar-refractivity contribution is 5.68. The van der Waals surface area contributed by atoms with Crippen molar-refractivity contribution < 1.29 is 33.3 Å². The van der Waals surface area contributed by atoms with Gasteiger partial charge in [0, 0.05) is 0 Å². The third-order valence-electron chi connectivity index (χ3n) is 5.07. The van der Waals surface area contributed by atoms with E-state index in [2.05, 4.69) is 10.6 Å². The van der Waals surface area contributed by atoms with Crippen molar-refractivity contribution in [1.82, 2.24) is 15.5 Å². The van der Waals surface area contributed by atoms with Gasteiger partial charge >= 0.3 is 12.2 Å². The van der Waals surface area contributed by atoms with Gasteiger partial charge in [0.25, 0.3) is 0 Å². The lowest BCUT2D eigenvalue weighted by Crippen LogP contribution is -2.52. The lowest BCUT2D eigenvalue weighted by atomic mass is 10.1. The Morgan fingerprint density at radius 2 is 1.37 bits per heavy atom. The number of carbonyl (C=O) groups is 2. The van der Waals surface area contributed by atoms with Crippen molar-refractivity contribution in [2.24, 2.45) is 0 Å². The summed E-state index contributed by atoms with van der Waals surface area (Å²) < 4.78 is 29.1. The average molecular weight is 430 g/mol. The first-order valence-electron chi connectivity index (χ1n) is 10.3. The standard InChI is InChI=1S/C20H35N3O7/c1-17(2,3)29-15(24)21-10-19(7)13-23-12(9-26-13)27-20(8,14(23)28-19)11-22-16(25)30-18(4,5)6/h12-14H,9-11H2,1-8H3,(H,21,24)(H,22,25)/t12-,13-,14-,19-,20+/m1/s1. The van der Waals surface area contributed by atoms with Gasteiger partial charge in [0.15, 0.2) is 0 Å². The third kappa shape index (κ3) is 4.82. The molecular weight excluding hydrogens is 394 g/mol. The number of hydrogen-bond donors (Lipinski definition) is 2. The van der Waals surface area contributed by atoms with E-state index in [1.54, 1.807) is 0 Å². The number of nitrogens with zero attached hydrogens (tertiary/aromatic N) is 1. The average Bonchev–Trinajstić information content (AvgIpc) is 3.17. The third-order valence-corrected chi connectivity index (χ3v) is 5.07.